The molecule has 7 nitrogen and oxygen atoms in total. The second-order valence-corrected chi connectivity index (χ2v) is 8.53. The fourth-order valence-corrected chi connectivity index (χ4v) is 4.10. The van der Waals surface area contributed by atoms with E-state index in [1.807, 2.05) is 30.3 Å². The normalized spacial score (nSPS) is 10.9. The molecule has 0 aliphatic rings. The average molecular weight is 441 g/mol. The van der Waals surface area contributed by atoms with Gasteiger partial charge in [0, 0.05) is 30.9 Å². The Kier molecular flexibility index (Phi) is 6.81. The summed E-state index contributed by atoms with van der Waals surface area (Å²) in [6.07, 6.45) is 0. The van der Waals surface area contributed by atoms with E-state index >= 15 is 0 Å². The minimum absolute atomic E-state index is 0.0351. The first kappa shape index (κ1) is 22.2. The standard InChI is InChI=1S/C23H24N2O5S/c1-25(16-17-7-5-4-6-8-17)23(26)18-9-11-19(12-10-18)24-31(27,28)20-13-14-21(29-2)22(15-20)30-3/h4-15,24H,16H2,1-3H3. The van der Waals surface area contributed by atoms with E-state index in [1.54, 1.807) is 36.2 Å². The molecule has 0 unspecified atom stereocenters. The summed E-state index contributed by atoms with van der Waals surface area (Å²) in [5, 5.41) is 0. The van der Waals surface area contributed by atoms with E-state index in [-0.39, 0.29) is 10.8 Å². The highest BCUT2D eigenvalue weighted by molar-refractivity contribution is 7.92. The van der Waals surface area contributed by atoms with Crippen molar-refractivity contribution >= 4 is 21.6 Å². The third-order valence-corrected chi connectivity index (χ3v) is 6.04. The molecule has 0 aliphatic heterocycles. The molecule has 0 heterocycles. The lowest BCUT2D eigenvalue weighted by Gasteiger charge is -2.17. The maximum absolute atomic E-state index is 12.7. The molecule has 0 bridgehead atoms. The number of carbonyl (C=O) groups excluding carboxylic acids is 1. The van der Waals surface area contributed by atoms with Crippen molar-refractivity contribution < 1.29 is 22.7 Å². The van der Waals surface area contributed by atoms with Crippen LogP contribution in [-0.4, -0.2) is 40.5 Å². The monoisotopic (exact) mass is 440 g/mol. The van der Waals surface area contributed by atoms with Crippen LogP contribution in [-0.2, 0) is 16.6 Å². The molecule has 0 saturated heterocycles. The van der Waals surface area contributed by atoms with Crippen molar-refractivity contribution in [2.75, 3.05) is 26.0 Å². The minimum atomic E-state index is -3.84. The van der Waals surface area contributed by atoms with Gasteiger partial charge in [-0.2, -0.15) is 0 Å². The van der Waals surface area contributed by atoms with E-state index in [0.717, 1.165) is 5.56 Å². The maximum Gasteiger partial charge on any atom is 0.262 e. The number of rotatable bonds is 8. The third-order valence-electron chi connectivity index (χ3n) is 4.66. The molecule has 0 fully saturated rings. The second-order valence-electron chi connectivity index (χ2n) is 6.85. The number of hydrogen-bond acceptors (Lipinski definition) is 5. The number of carbonyl (C=O) groups is 1. The minimum Gasteiger partial charge on any atom is -0.493 e. The number of hydrogen-bond donors (Lipinski definition) is 1. The molecule has 1 N–H and O–H groups in total. The predicted molar refractivity (Wildman–Crippen MR) is 119 cm³/mol. The molecule has 0 aromatic heterocycles. The molecule has 8 heteroatoms. The zero-order chi connectivity index (χ0) is 22.4. The zero-order valence-electron chi connectivity index (χ0n) is 17.5. The molecule has 0 spiro atoms. The highest BCUT2D eigenvalue weighted by Crippen LogP contribution is 2.30. The van der Waals surface area contributed by atoms with Crippen molar-refractivity contribution in [1.29, 1.82) is 0 Å². The Balaban J connectivity index is 1.71. The van der Waals surface area contributed by atoms with E-state index in [9.17, 15) is 13.2 Å². The van der Waals surface area contributed by atoms with Gasteiger partial charge in [-0.05, 0) is 42.0 Å². The van der Waals surface area contributed by atoms with Crippen LogP contribution in [0.15, 0.2) is 77.7 Å². The number of ether oxygens (including phenoxy) is 2. The first-order valence-electron chi connectivity index (χ1n) is 9.48. The van der Waals surface area contributed by atoms with Gasteiger partial charge in [-0.3, -0.25) is 9.52 Å². The fourth-order valence-electron chi connectivity index (χ4n) is 3.03. The Morgan fingerprint density at radius 2 is 1.55 bits per heavy atom. The van der Waals surface area contributed by atoms with E-state index in [0.29, 0.717) is 29.3 Å². The Hall–Kier alpha value is -3.52. The molecule has 31 heavy (non-hydrogen) atoms. The number of benzene rings is 3. The van der Waals surface area contributed by atoms with Gasteiger partial charge in [0.05, 0.1) is 19.1 Å². The summed E-state index contributed by atoms with van der Waals surface area (Å²) in [5.41, 5.74) is 1.84. The summed E-state index contributed by atoms with van der Waals surface area (Å²) in [6, 6.07) is 20.3. The number of amides is 1. The molecule has 1 amide bonds. The molecule has 0 atom stereocenters. The molecule has 0 aliphatic carbocycles. The summed E-state index contributed by atoms with van der Waals surface area (Å²) >= 11 is 0. The largest absolute Gasteiger partial charge is 0.493 e. The number of sulfonamides is 1. The van der Waals surface area contributed by atoms with Crippen LogP contribution in [0, 0.1) is 0 Å². The van der Waals surface area contributed by atoms with Gasteiger partial charge in [0.1, 0.15) is 0 Å². The molecule has 0 saturated carbocycles. The summed E-state index contributed by atoms with van der Waals surface area (Å²) in [7, 11) is 0.797. The lowest BCUT2D eigenvalue weighted by atomic mass is 10.1. The van der Waals surface area contributed by atoms with Crippen molar-refractivity contribution in [2.45, 2.75) is 11.4 Å². The van der Waals surface area contributed by atoms with Crippen LogP contribution >= 0.6 is 0 Å². The lowest BCUT2D eigenvalue weighted by Crippen LogP contribution is -2.26. The van der Waals surface area contributed by atoms with Gasteiger partial charge in [-0.15, -0.1) is 0 Å². The van der Waals surface area contributed by atoms with Crippen molar-refractivity contribution in [1.82, 2.24) is 4.90 Å². The van der Waals surface area contributed by atoms with Gasteiger partial charge in [0.25, 0.3) is 15.9 Å². The van der Waals surface area contributed by atoms with Crippen LogP contribution in [0.2, 0.25) is 0 Å². The number of methoxy groups -OCH3 is 2. The smallest absolute Gasteiger partial charge is 0.262 e. The highest BCUT2D eigenvalue weighted by Gasteiger charge is 2.18. The van der Waals surface area contributed by atoms with Crippen molar-refractivity contribution in [3.63, 3.8) is 0 Å². The first-order valence-corrected chi connectivity index (χ1v) is 11.0. The topological polar surface area (TPSA) is 84.9 Å². The summed E-state index contributed by atoms with van der Waals surface area (Å²) in [4.78, 5) is 14.3. The zero-order valence-corrected chi connectivity index (χ0v) is 18.3. The van der Waals surface area contributed by atoms with Crippen LogP contribution in [0.25, 0.3) is 0 Å². The van der Waals surface area contributed by atoms with E-state index in [2.05, 4.69) is 4.72 Å². The number of nitrogens with zero attached hydrogens (tertiary/aromatic N) is 1. The molecular formula is C23H24N2O5S. The van der Waals surface area contributed by atoms with Crippen LogP contribution < -0.4 is 14.2 Å². The second kappa shape index (κ2) is 9.53. The van der Waals surface area contributed by atoms with E-state index in [1.165, 1.54) is 32.4 Å². The van der Waals surface area contributed by atoms with Crippen LogP contribution in [0.4, 0.5) is 5.69 Å². The van der Waals surface area contributed by atoms with Gasteiger partial charge in [0.15, 0.2) is 11.5 Å². The quantitative estimate of drug-likeness (QED) is 0.576. The molecule has 3 aromatic carbocycles. The third kappa shape index (κ3) is 5.35. The van der Waals surface area contributed by atoms with Gasteiger partial charge < -0.3 is 14.4 Å². The Morgan fingerprint density at radius 3 is 2.16 bits per heavy atom. The van der Waals surface area contributed by atoms with Crippen molar-refractivity contribution in [3.8, 4) is 11.5 Å². The van der Waals surface area contributed by atoms with Crippen LogP contribution in [0.5, 0.6) is 11.5 Å². The van der Waals surface area contributed by atoms with E-state index in [4.69, 9.17) is 9.47 Å². The fraction of sp³-hybridized carbons (Fsp3) is 0.174. The lowest BCUT2D eigenvalue weighted by molar-refractivity contribution is 0.0785. The molecule has 3 aromatic rings. The molecule has 3 rings (SSSR count). The number of nitrogens with one attached hydrogen (secondary N) is 1. The van der Waals surface area contributed by atoms with Crippen molar-refractivity contribution in [2.24, 2.45) is 0 Å². The molecular weight excluding hydrogens is 416 g/mol. The maximum atomic E-state index is 12.7. The summed E-state index contributed by atoms with van der Waals surface area (Å²) in [6.45, 7) is 0.480. The average Bonchev–Trinajstić information content (AvgIpc) is 2.79. The first-order chi connectivity index (χ1) is 14.8. The van der Waals surface area contributed by atoms with Gasteiger partial charge in [-0.25, -0.2) is 8.42 Å². The van der Waals surface area contributed by atoms with Crippen LogP contribution in [0.3, 0.4) is 0 Å². The number of anilines is 1. The van der Waals surface area contributed by atoms with Gasteiger partial charge >= 0.3 is 0 Å². The SMILES string of the molecule is COc1ccc(S(=O)(=O)Nc2ccc(C(=O)N(C)Cc3ccccc3)cc2)cc1OC. The molecule has 162 valence electrons. The van der Waals surface area contributed by atoms with Gasteiger partial charge in [0.2, 0.25) is 0 Å². The predicted octanol–water partition coefficient (Wildman–Crippen LogP) is 3.78. The Labute approximate surface area is 182 Å². The van der Waals surface area contributed by atoms with Gasteiger partial charge in [-0.1, -0.05) is 30.3 Å². The van der Waals surface area contributed by atoms with Crippen LogP contribution in [0.1, 0.15) is 15.9 Å². The van der Waals surface area contributed by atoms with Crippen molar-refractivity contribution in [3.05, 3.63) is 83.9 Å². The molecule has 0 radical (unpaired) electrons. The Morgan fingerprint density at radius 1 is 0.903 bits per heavy atom. The van der Waals surface area contributed by atoms with E-state index < -0.39 is 10.0 Å². The summed E-state index contributed by atoms with van der Waals surface area (Å²) in [5.74, 6) is 0.592. The summed E-state index contributed by atoms with van der Waals surface area (Å²) < 4.78 is 38.3. The highest BCUT2D eigenvalue weighted by atomic mass is 32.2. The Bertz CT molecular complexity index is 1150.